The molecule has 5 nitrogen and oxygen atoms in total. The molecule has 0 unspecified atom stereocenters. The molecule has 0 amide bonds. The predicted molar refractivity (Wildman–Crippen MR) is 64.7 cm³/mol. The molecule has 0 saturated carbocycles. The highest BCUT2D eigenvalue weighted by Gasteiger charge is 2.44. The van der Waals surface area contributed by atoms with Gasteiger partial charge in [-0.2, -0.15) is 5.26 Å². The first-order valence-corrected chi connectivity index (χ1v) is 5.72. The number of imidazole rings is 1. The number of aromatic amines is 1. The van der Waals surface area contributed by atoms with E-state index in [-0.39, 0.29) is 0 Å². The highest BCUT2D eigenvalue weighted by molar-refractivity contribution is 5.61. The van der Waals surface area contributed by atoms with Crippen LogP contribution in [0.5, 0.6) is 0 Å². The quantitative estimate of drug-likeness (QED) is 0.864. The van der Waals surface area contributed by atoms with Crippen molar-refractivity contribution in [3.05, 3.63) is 36.0 Å². The van der Waals surface area contributed by atoms with Gasteiger partial charge < -0.3 is 9.72 Å². The van der Waals surface area contributed by atoms with Gasteiger partial charge in [0.25, 0.3) is 0 Å². The number of rotatable bonds is 2. The molecule has 18 heavy (non-hydrogen) atoms. The lowest BCUT2D eigenvalue weighted by Crippen LogP contribution is -2.46. The summed E-state index contributed by atoms with van der Waals surface area (Å²) in [6.07, 6.45) is 3.46. The zero-order chi connectivity index (χ0) is 12.6. The fourth-order valence-corrected chi connectivity index (χ4v) is 2.04. The summed E-state index contributed by atoms with van der Waals surface area (Å²) in [4.78, 5) is 11.8. The number of nitriles is 1. The SMILES string of the molecule is Cc1[nH]c(C2(C#N)COC2)nc1-c1ccncc1. The molecular weight excluding hydrogens is 228 g/mol. The second-order valence-corrected chi connectivity index (χ2v) is 4.48. The Morgan fingerprint density at radius 2 is 2.11 bits per heavy atom. The van der Waals surface area contributed by atoms with E-state index in [1.54, 1.807) is 12.4 Å². The molecule has 1 aliphatic rings. The van der Waals surface area contributed by atoms with Gasteiger partial charge in [0.1, 0.15) is 5.82 Å². The Labute approximate surface area is 104 Å². The molecule has 0 radical (unpaired) electrons. The van der Waals surface area contributed by atoms with E-state index in [4.69, 9.17) is 4.74 Å². The van der Waals surface area contributed by atoms with Crippen LogP contribution in [0.2, 0.25) is 0 Å². The number of nitrogens with zero attached hydrogens (tertiary/aromatic N) is 3. The molecule has 1 fully saturated rings. The van der Waals surface area contributed by atoms with Crippen molar-refractivity contribution in [2.45, 2.75) is 12.3 Å². The molecule has 5 heteroatoms. The molecule has 90 valence electrons. The van der Waals surface area contributed by atoms with Crippen molar-refractivity contribution in [2.75, 3.05) is 13.2 Å². The van der Waals surface area contributed by atoms with Crippen molar-refractivity contribution < 1.29 is 4.74 Å². The van der Waals surface area contributed by atoms with Crippen molar-refractivity contribution in [3.8, 4) is 17.3 Å². The minimum Gasteiger partial charge on any atom is -0.377 e. The third-order valence-electron chi connectivity index (χ3n) is 3.20. The van der Waals surface area contributed by atoms with Crippen LogP contribution in [0.25, 0.3) is 11.3 Å². The van der Waals surface area contributed by atoms with E-state index >= 15 is 0 Å². The fraction of sp³-hybridized carbons (Fsp3) is 0.308. The van der Waals surface area contributed by atoms with Gasteiger partial charge in [-0.3, -0.25) is 4.98 Å². The van der Waals surface area contributed by atoms with E-state index < -0.39 is 5.41 Å². The summed E-state index contributed by atoms with van der Waals surface area (Å²) < 4.78 is 5.15. The Morgan fingerprint density at radius 1 is 1.39 bits per heavy atom. The van der Waals surface area contributed by atoms with Crippen LogP contribution < -0.4 is 0 Å². The predicted octanol–water partition coefficient (Wildman–Crippen LogP) is 1.57. The van der Waals surface area contributed by atoms with Crippen LogP contribution in [0.4, 0.5) is 0 Å². The molecular formula is C13H12N4O. The summed E-state index contributed by atoms with van der Waals surface area (Å²) in [6.45, 7) is 2.77. The van der Waals surface area contributed by atoms with Crippen molar-refractivity contribution >= 4 is 0 Å². The van der Waals surface area contributed by atoms with E-state index in [2.05, 4.69) is 21.0 Å². The van der Waals surface area contributed by atoms with E-state index in [0.29, 0.717) is 19.0 Å². The van der Waals surface area contributed by atoms with Gasteiger partial charge in [-0.15, -0.1) is 0 Å². The number of hydrogen-bond acceptors (Lipinski definition) is 4. The van der Waals surface area contributed by atoms with Gasteiger partial charge in [0.15, 0.2) is 5.41 Å². The minimum absolute atomic E-state index is 0.409. The van der Waals surface area contributed by atoms with Gasteiger partial charge in [-0.05, 0) is 19.1 Å². The summed E-state index contributed by atoms with van der Waals surface area (Å²) in [7, 11) is 0. The lowest BCUT2D eigenvalue weighted by atomic mass is 9.87. The highest BCUT2D eigenvalue weighted by atomic mass is 16.5. The molecule has 0 aliphatic carbocycles. The zero-order valence-electron chi connectivity index (χ0n) is 9.97. The Bertz CT molecular complexity index is 608. The van der Waals surface area contributed by atoms with Crippen molar-refractivity contribution in [3.63, 3.8) is 0 Å². The summed E-state index contributed by atoms with van der Waals surface area (Å²) in [5.74, 6) is 0.695. The fourth-order valence-electron chi connectivity index (χ4n) is 2.04. The van der Waals surface area contributed by atoms with Crippen LogP contribution in [-0.4, -0.2) is 28.2 Å². The van der Waals surface area contributed by atoms with Crippen LogP contribution >= 0.6 is 0 Å². The Balaban J connectivity index is 2.05. The first-order valence-electron chi connectivity index (χ1n) is 5.72. The normalized spacial score (nSPS) is 16.9. The van der Waals surface area contributed by atoms with Crippen LogP contribution in [0.1, 0.15) is 11.5 Å². The Kier molecular flexibility index (Phi) is 2.39. The maximum Gasteiger partial charge on any atom is 0.161 e. The molecule has 0 bridgehead atoms. The molecule has 2 aromatic rings. The number of H-pyrrole nitrogens is 1. The first kappa shape index (κ1) is 10.9. The largest absolute Gasteiger partial charge is 0.377 e. The van der Waals surface area contributed by atoms with Gasteiger partial charge in [0.05, 0.1) is 25.0 Å². The van der Waals surface area contributed by atoms with Crippen LogP contribution in [0, 0.1) is 18.3 Å². The topological polar surface area (TPSA) is 74.6 Å². The minimum atomic E-state index is -0.601. The molecule has 3 heterocycles. The smallest absolute Gasteiger partial charge is 0.161 e. The maximum atomic E-state index is 9.26. The number of hydrogen-bond donors (Lipinski definition) is 1. The van der Waals surface area contributed by atoms with E-state index in [1.807, 2.05) is 19.1 Å². The van der Waals surface area contributed by atoms with Gasteiger partial charge in [0, 0.05) is 23.7 Å². The van der Waals surface area contributed by atoms with Crippen molar-refractivity contribution in [1.29, 1.82) is 5.26 Å². The Morgan fingerprint density at radius 3 is 2.67 bits per heavy atom. The van der Waals surface area contributed by atoms with Crippen LogP contribution in [0.3, 0.4) is 0 Å². The lowest BCUT2D eigenvalue weighted by molar-refractivity contribution is -0.0335. The van der Waals surface area contributed by atoms with Crippen molar-refractivity contribution in [2.24, 2.45) is 0 Å². The molecule has 2 aromatic heterocycles. The molecule has 1 saturated heterocycles. The van der Waals surface area contributed by atoms with Gasteiger partial charge in [-0.25, -0.2) is 4.98 Å². The highest BCUT2D eigenvalue weighted by Crippen LogP contribution is 2.32. The molecule has 1 aliphatic heterocycles. The number of pyridine rings is 1. The van der Waals surface area contributed by atoms with E-state index in [9.17, 15) is 5.26 Å². The third-order valence-corrected chi connectivity index (χ3v) is 3.20. The van der Waals surface area contributed by atoms with Crippen LogP contribution in [-0.2, 0) is 10.2 Å². The molecule has 0 spiro atoms. The summed E-state index contributed by atoms with van der Waals surface area (Å²) in [6, 6.07) is 6.10. The molecule has 1 N–H and O–H groups in total. The van der Waals surface area contributed by atoms with E-state index in [0.717, 1.165) is 17.0 Å². The summed E-state index contributed by atoms with van der Waals surface area (Å²) in [5.41, 5.74) is 2.22. The molecule has 0 aromatic carbocycles. The van der Waals surface area contributed by atoms with Gasteiger partial charge in [0.2, 0.25) is 0 Å². The Hall–Kier alpha value is -2.19. The molecule has 0 atom stereocenters. The zero-order valence-corrected chi connectivity index (χ0v) is 9.97. The third kappa shape index (κ3) is 1.50. The van der Waals surface area contributed by atoms with Gasteiger partial charge >= 0.3 is 0 Å². The van der Waals surface area contributed by atoms with Crippen molar-refractivity contribution in [1.82, 2.24) is 15.0 Å². The average molecular weight is 240 g/mol. The number of aromatic nitrogens is 3. The molecule has 3 rings (SSSR count). The van der Waals surface area contributed by atoms with Crippen LogP contribution in [0.15, 0.2) is 24.5 Å². The summed E-state index contributed by atoms with van der Waals surface area (Å²) in [5, 5.41) is 9.26. The second-order valence-electron chi connectivity index (χ2n) is 4.48. The lowest BCUT2D eigenvalue weighted by Gasteiger charge is -2.32. The summed E-state index contributed by atoms with van der Waals surface area (Å²) >= 11 is 0. The average Bonchev–Trinajstić information content (AvgIpc) is 2.72. The number of aryl methyl sites for hydroxylation is 1. The monoisotopic (exact) mass is 240 g/mol. The van der Waals surface area contributed by atoms with Gasteiger partial charge in [-0.1, -0.05) is 0 Å². The number of nitrogens with one attached hydrogen (secondary N) is 1. The standard InChI is InChI=1S/C13H12N4O/c1-9-11(10-2-4-15-5-3-10)17-12(16-9)13(6-14)7-18-8-13/h2-5H,7-8H2,1H3,(H,16,17). The van der Waals surface area contributed by atoms with E-state index in [1.165, 1.54) is 0 Å². The number of ether oxygens (including phenoxy) is 1. The maximum absolute atomic E-state index is 9.26. The first-order chi connectivity index (χ1) is 8.75. The second kappa shape index (κ2) is 3.93.